The Hall–Kier alpha value is -2.47. The Morgan fingerprint density at radius 2 is 1.84 bits per heavy atom. The highest BCUT2D eigenvalue weighted by Gasteiger charge is 2.32. The molecule has 1 amide bonds. The molecule has 0 N–H and O–H groups in total. The van der Waals surface area contributed by atoms with Gasteiger partial charge in [0.05, 0.1) is 11.8 Å². The summed E-state index contributed by atoms with van der Waals surface area (Å²) in [5.74, 6) is -0.939. The van der Waals surface area contributed by atoms with Crippen LogP contribution in [-0.4, -0.2) is 26.1 Å². The van der Waals surface area contributed by atoms with Crippen LogP contribution in [0, 0.1) is 5.82 Å². The first-order valence-electron chi connectivity index (χ1n) is 7.99. The lowest BCUT2D eigenvalue weighted by Gasteiger charge is -2.29. The molecule has 0 unspecified atom stereocenters. The van der Waals surface area contributed by atoms with E-state index in [1.807, 2.05) is 25.1 Å². The summed E-state index contributed by atoms with van der Waals surface area (Å²) in [6, 6.07) is 12.1. The molecular weight excluding hydrogens is 341 g/mol. The predicted molar refractivity (Wildman–Crippen MR) is 95.7 cm³/mol. The lowest BCUT2D eigenvalue weighted by atomic mass is 10.1. The summed E-state index contributed by atoms with van der Waals surface area (Å²) in [6.45, 7) is 1.97. The Kier molecular flexibility index (Phi) is 4.72. The zero-order chi connectivity index (χ0) is 18.0. The van der Waals surface area contributed by atoms with Gasteiger partial charge in [-0.15, -0.1) is 0 Å². The van der Waals surface area contributed by atoms with Gasteiger partial charge in [0, 0.05) is 16.7 Å². The molecule has 0 aliphatic carbocycles. The van der Waals surface area contributed by atoms with Crippen molar-refractivity contribution in [3.8, 4) is 0 Å². The summed E-state index contributed by atoms with van der Waals surface area (Å²) in [4.78, 5) is 14.6. The van der Waals surface area contributed by atoms with E-state index in [4.69, 9.17) is 0 Å². The zero-order valence-electron chi connectivity index (χ0n) is 13.7. The van der Waals surface area contributed by atoms with Gasteiger partial charge >= 0.3 is 0 Å². The number of anilines is 1. The van der Waals surface area contributed by atoms with Crippen molar-refractivity contribution in [3.05, 3.63) is 77.0 Å². The maximum absolute atomic E-state index is 13.2. The summed E-state index contributed by atoms with van der Waals surface area (Å²) in [5, 5.41) is 1.15. The smallest absolute Gasteiger partial charge is 0.258 e. The van der Waals surface area contributed by atoms with E-state index in [2.05, 4.69) is 0 Å². The number of aryl methyl sites for hydroxylation is 1. The minimum absolute atomic E-state index is 0.155. The van der Waals surface area contributed by atoms with E-state index in [1.165, 1.54) is 35.2 Å². The molecule has 25 heavy (non-hydrogen) atoms. The zero-order valence-corrected chi connectivity index (χ0v) is 14.5. The fourth-order valence-corrected chi connectivity index (χ4v) is 4.20. The van der Waals surface area contributed by atoms with Gasteiger partial charge in [-0.2, -0.15) is 0 Å². The van der Waals surface area contributed by atoms with Gasteiger partial charge in [-0.05, 0) is 48.4 Å². The second kappa shape index (κ2) is 6.80. The fraction of sp³-hybridized carbons (Fsp3) is 0.211. The van der Waals surface area contributed by atoms with Crippen molar-refractivity contribution in [3.63, 3.8) is 0 Å². The average Bonchev–Trinajstić information content (AvgIpc) is 2.95. The third-order valence-electron chi connectivity index (χ3n) is 4.18. The molecular formula is C19H18FNO3S. The van der Waals surface area contributed by atoms with Crippen LogP contribution >= 0.6 is 0 Å². The Morgan fingerprint density at radius 3 is 2.44 bits per heavy atom. The third kappa shape index (κ3) is 3.64. The Morgan fingerprint density at radius 1 is 1.16 bits per heavy atom. The van der Waals surface area contributed by atoms with Crippen LogP contribution in [0.5, 0.6) is 0 Å². The summed E-state index contributed by atoms with van der Waals surface area (Å²) in [6.07, 6.45) is 2.23. The number of hydrogen-bond donors (Lipinski definition) is 0. The van der Waals surface area contributed by atoms with Gasteiger partial charge in [-0.25, -0.2) is 12.8 Å². The van der Waals surface area contributed by atoms with Gasteiger partial charge in [-0.1, -0.05) is 25.1 Å². The van der Waals surface area contributed by atoms with E-state index >= 15 is 0 Å². The van der Waals surface area contributed by atoms with Crippen molar-refractivity contribution in [1.29, 1.82) is 0 Å². The standard InChI is InChI=1S/C19H18FNO3S/c1-2-14-5-3-4-6-18(14)21(17-11-12-25(23,24)13-17)19(22)15-7-9-16(20)10-8-15/h3-12,17H,2,13H2,1H3/t17-/m1/s1. The van der Waals surface area contributed by atoms with E-state index < -0.39 is 21.7 Å². The topological polar surface area (TPSA) is 54.5 Å². The second-order valence-corrected chi connectivity index (χ2v) is 7.82. The van der Waals surface area contributed by atoms with Crippen molar-refractivity contribution < 1.29 is 17.6 Å². The summed E-state index contributed by atoms with van der Waals surface area (Å²) in [7, 11) is -3.32. The number of carbonyl (C=O) groups is 1. The van der Waals surface area contributed by atoms with Crippen LogP contribution < -0.4 is 4.90 Å². The fourth-order valence-electron chi connectivity index (χ4n) is 2.94. The molecule has 1 aliphatic heterocycles. The van der Waals surface area contributed by atoms with Crippen LogP contribution in [0.25, 0.3) is 0 Å². The van der Waals surface area contributed by atoms with E-state index in [0.717, 1.165) is 11.0 Å². The number of sulfone groups is 1. The maximum atomic E-state index is 13.2. The molecule has 4 nitrogen and oxygen atoms in total. The molecule has 1 atom stereocenters. The minimum atomic E-state index is -3.32. The number of carbonyl (C=O) groups excluding carboxylic acids is 1. The highest BCUT2D eigenvalue weighted by atomic mass is 32.2. The minimum Gasteiger partial charge on any atom is -0.300 e. The van der Waals surface area contributed by atoms with Crippen LogP contribution in [0.3, 0.4) is 0 Å². The van der Waals surface area contributed by atoms with E-state index in [0.29, 0.717) is 17.7 Å². The molecule has 130 valence electrons. The number of halogens is 1. The molecule has 0 aromatic heterocycles. The van der Waals surface area contributed by atoms with Crippen molar-refractivity contribution in [2.75, 3.05) is 10.7 Å². The molecule has 1 heterocycles. The Balaban J connectivity index is 2.07. The maximum Gasteiger partial charge on any atom is 0.258 e. The van der Waals surface area contributed by atoms with Crippen molar-refractivity contribution >= 4 is 21.4 Å². The van der Waals surface area contributed by atoms with Gasteiger partial charge < -0.3 is 4.90 Å². The first-order chi connectivity index (χ1) is 11.9. The number of benzene rings is 2. The Bertz CT molecular complexity index is 920. The van der Waals surface area contributed by atoms with Gasteiger partial charge in [-0.3, -0.25) is 4.79 Å². The number of nitrogens with zero attached hydrogens (tertiary/aromatic N) is 1. The molecule has 3 rings (SSSR count). The van der Waals surface area contributed by atoms with Gasteiger partial charge in [0.25, 0.3) is 5.91 Å². The van der Waals surface area contributed by atoms with E-state index in [9.17, 15) is 17.6 Å². The molecule has 0 fully saturated rings. The van der Waals surface area contributed by atoms with Crippen LogP contribution in [0.4, 0.5) is 10.1 Å². The first-order valence-corrected chi connectivity index (χ1v) is 9.71. The summed E-state index contributed by atoms with van der Waals surface area (Å²) < 4.78 is 36.9. The number of rotatable bonds is 4. The lowest BCUT2D eigenvalue weighted by molar-refractivity contribution is 0.0983. The normalized spacial score (nSPS) is 18.2. The number of hydrogen-bond acceptors (Lipinski definition) is 3. The van der Waals surface area contributed by atoms with Gasteiger partial charge in [0.15, 0.2) is 9.84 Å². The largest absolute Gasteiger partial charge is 0.300 e. The van der Waals surface area contributed by atoms with Crippen molar-refractivity contribution in [2.45, 2.75) is 19.4 Å². The monoisotopic (exact) mass is 359 g/mol. The molecule has 0 radical (unpaired) electrons. The quantitative estimate of drug-likeness (QED) is 0.841. The predicted octanol–water partition coefficient (Wildman–Crippen LogP) is 3.35. The molecule has 0 spiro atoms. The van der Waals surface area contributed by atoms with Gasteiger partial charge in [0.2, 0.25) is 0 Å². The second-order valence-electron chi connectivity index (χ2n) is 5.89. The van der Waals surface area contributed by atoms with Crippen molar-refractivity contribution in [2.24, 2.45) is 0 Å². The van der Waals surface area contributed by atoms with Crippen molar-refractivity contribution in [1.82, 2.24) is 0 Å². The van der Waals surface area contributed by atoms with Crippen LogP contribution in [0.15, 0.2) is 60.0 Å². The van der Waals surface area contributed by atoms with Crippen LogP contribution in [0.1, 0.15) is 22.8 Å². The molecule has 1 aliphatic rings. The summed E-state index contributed by atoms with van der Waals surface area (Å²) in [5.41, 5.74) is 1.92. The first kappa shape index (κ1) is 17.4. The summed E-state index contributed by atoms with van der Waals surface area (Å²) >= 11 is 0. The Labute approximate surface area is 146 Å². The highest BCUT2D eigenvalue weighted by molar-refractivity contribution is 7.94. The molecule has 2 aromatic carbocycles. The molecule has 2 aromatic rings. The lowest BCUT2D eigenvalue weighted by Crippen LogP contribution is -2.41. The van der Waals surface area contributed by atoms with Crippen LogP contribution in [-0.2, 0) is 16.3 Å². The van der Waals surface area contributed by atoms with Gasteiger partial charge in [0.1, 0.15) is 5.82 Å². The molecule has 0 saturated heterocycles. The number of amides is 1. The average molecular weight is 359 g/mol. The SMILES string of the molecule is CCc1ccccc1N(C(=O)c1ccc(F)cc1)[C@@H]1C=CS(=O)(=O)C1. The molecule has 6 heteroatoms. The van der Waals surface area contributed by atoms with Crippen LogP contribution in [0.2, 0.25) is 0 Å². The number of para-hydroxylation sites is 1. The molecule has 0 bridgehead atoms. The highest BCUT2D eigenvalue weighted by Crippen LogP contribution is 2.28. The van der Waals surface area contributed by atoms with E-state index in [1.54, 1.807) is 6.07 Å². The third-order valence-corrected chi connectivity index (χ3v) is 5.56. The van der Waals surface area contributed by atoms with E-state index in [-0.39, 0.29) is 11.7 Å². The molecule has 0 saturated carbocycles.